The van der Waals surface area contributed by atoms with Gasteiger partial charge in [0, 0.05) is 17.0 Å². The van der Waals surface area contributed by atoms with Crippen molar-refractivity contribution in [2.24, 2.45) is 0 Å². The number of halogens is 3. The molecule has 1 unspecified atom stereocenters. The first-order valence-electron chi connectivity index (χ1n) is 5.53. The fraction of sp³-hybridized carbons (Fsp3) is 0.167. The van der Waals surface area contributed by atoms with Crippen LogP contribution in [0.5, 0.6) is 0 Å². The predicted molar refractivity (Wildman–Crippen MR) is 74.4 cm³/mol. The van der Waals surface area contributed by atoms with Gasteiger partial charge in [-0.3, -0.25) is 10.1 Å². The molecule has 0 amide bonds. The summed E-state index contributed by atoms with van der Waals surface area (Å²) < 4.78 is 27.2. The minimum absolute atomic E-state index is 0.204. The monoisotopic (exact) mass is 318 g/mol. The topological polar surface area (TPSA) is 55.2 Å². The van der Waals surface area contributed by atoms with E-state index in [-0.39, 0.29) is 11.7 Å². The van der Waals surface area contributed by atoms with Crippen molar-refractivity contribution < 1.29 is 13.7 Å². The van der Waals surface area contributed by atoms with Crippen molar-refractivity contribution >= 4 is 34.3 Å². The molecule has 0 aliphatic carbocycles. The predicted octanol–water partition coefficient (Wildman–Crippen LogP) is 4.76. The van der Waals surface area contributed by atoms with Crippen LogP contribution < -0.4 is 5.32 Å². The van der Waals surface area contributed by atoms with E-state index in [9.17, 15) is 18.9 Å². The van der Waals surface area contributed by atoms with Crippen molar-refractivity contribution in [2.45, 2.75) is 13.0 Å². The van der Waals surface area contributed by atoms with Gasteiger partial charge in [-0.05, 0) is 19.1 Å². The molecule has 1 aromatic carbocycles. The Morgan fingerprint density at radius 2 is 2.10 bits per heavy atom. The van der Waals surface area contributed by atoms with E-state index in [1.54, 1.807) is 19.1 Å². The van der Waals surface area contributed by atoms with Gasteiger partial charge in [0.2, 0.25) is 5.82 Å². The van der Waals surface area contributed by atoms with E-state index in [4.69, 9.17) is 11.6 Å². The highest BCUT2D eigenvalue weighted by Gasteiger charge is 2.23. The first-order chi connectivity index (χ1) is 9.38. The molecule has 1 aromatic heterocycles. The molecule has 0 saturated heterocycles. The van der Waals surface area contributed by atoms with E-state index in [1.807, 2.05) is 0 Å². The van der Waals surface area contributed by atoms with E-state index in [1.165, 1.54) is 11.3 Å². The Bertz CT molecular complexity index is 663. The lowest BCUT2D eigenvalue weighted by molar-refractivity contribution is -0.386. The number of hydrogen-bond donors (Lipinski definition) is 1. The quantitative estimate of drug-likeness (QED) is 0.653. The van der Waals surface area contributed by atoms with Crippen LogP contribution in [0.3, 0.4) is 0 Å². The lowest BCUT2D eigenvalue weighted by Crippen LogP contribution is -2.08. The number of nitro benzene ring substituents is 1. The van der Waals surface area contributed by atoms with Crippen molar-refractivity contribution in [3.8, 4) is 0 Å². The Balaban J connectivity index is 2.35. The Morgan fingerprint density at radius 1 is 1.40 bits per heavy atom. The van der Waals surface area contributed by atoms with Gasteiger partial charge in [0.05, 0.1) is 15.3 Å². The van der Waals surface area contributed by atoms with Crippen molar-refractivity contribution in [1.29, 1.82) is 0 Å². The van der Waals surface area contributed by atoms with Crippen LogP contribution in [0.4, 0.5) is 20.2 Å². The van der Waals surface area contributed by atoms with Crippen LogP contribution in [0.15, 0.2) is 24.3 Å². The van der Waals surface area contributed by atoms with E-state index in [0.29, 0.717) is 10.4 Å². The number of anilines is 1. The first-order valence-corrected chi connectivity index (χ1v) is 6.73. The van der Waals surface area contributed by atoms with Gasteiger partial charge in [-0.1, -0.05) is 11.6 Å². The van der Waals surface area contributed by atoms with Crippen LogP contribution in [-0.4, -0.2) is 4.92 Å². The summed E-state index contributed by atoms with van der Waals surface area (Å²) in [5.74, 6) is -2.10. The molecular weight excluding hydrogens is 310 g/mol. The van der Waals surface area contributed by atoms with E-state index < -0.39 is 22.2 Å². The summed E-state index contributed by atoms with van der Waals surface area (Å²) in [5, 5.41) is 13.6. The van der Waals surface area contributed by atoms with Crippen molar-refractivity contribution in [2.75, 3.05) is 5.32 Å². The van der Waals surface area contributed by atoms with Crippen LogP contribution in [0.2, 0.25) is 4.34 Å². The summed E-state index contributed by atoms with van der Waals surface area (Å²) in [6, 6.07) is 4.43. The fourth-order valence-corrected chi connectivity index (χ4v) is 2.79. The van der Waals surface area contributed by atoms with Gasteiger partial charge in [0.1, 0.15) is 11.5 Å². The smallest absolute Gasteiger partial charge is 0.327 e. The largest absolute Gasteiger partial charge is 0.372 e. The third-order valence-electron chi connectivity index (χ3n) is 2.60. The van der Waals surface area contributed by atoms with E-state index in [0.717, 1.165) is 10.9 Å². The van der Waals surface area contributed by atoms with Gasteiger partial charge in [0.25, 0.3) is 0 Å². The SMILES string of the molecule is CC(Nc1cc(F)cc(F)c1[N+](=O)[O-])c1ccc(Cl)s1. The minimum atomic E-state index is -1.21. The average molecular weight is 319 g/mol. The number of hydrogen-bond acceptors (Lipinski definition) is 4. The molecule has 0 fully saturated rings. The average Bonchev–Trinajstić information content (AvgIpc) is 2.74. The number of thiophene rings is 1. The summed E-state index contributed by atoms with van der Waals surface area (Å²) >= 11 is 7.09. The number of nitro groups is 1. The van der Waals surface area contributed by atoms with E-state index in [2.05, 4.69) is 5.32 Å². The highest BCUT2D eigenvalue weighted by Crippen LogP contribution is 2.34. The third kappa shape index (κ3) is 3.05. The minimum Gasteiger partial charge on any atom is -0.372 e. The molecule has 2 aromatic rings. The maximum Gasteiger partial charge on any atom is 0.327 e. The lowest BCUT2D eigenvalue weighted by atomic mass is 10.2. The van der Waals surface area contributed by atoms with Crippen molar-refractivity contribution in [3.05, 3.63) is 55.2 Å². The molecule has 0 spiro atoms. The van der Waals surface area contributed by atoms with Crippen LogP contribution in [0.25, 0.3) is 0 Å². The highest BCUT2D eigenvalue weighted by molar-refractivity contribution is 7.16. The van der Waals surface area contributed by atoms with Gasteiger partial charge in [0.15, 0.2) is 0 Å². The first kappa shape index (κ1) is 14.7. The lowest BCUT2D eigenvalue weighted by Gasteiger charge is -2.14. The van der Waals surface area contributed by atoms with Crippen LogP contribution in [0.1, 0.15) is 17.8 Å². The molecule has 4 nitrogen and oxygen atoms in total. The van der Waals surface area contributed by atoms with Gasteiger partial charge in [-0.2, -0.15) is 4.39 Å². The van der Waals surface area contributed by atoms with Gasteiger partial charge in [-0.25, -0.2) is 4.39 Å². The van der Waals surface area contributed by atoms with Crippen molar-refractivity contribution in [1.82, 2.24) is 0 Å². The number of rotatable bonds is 4. The Hall–Kier alpha value is -1.73. The normalized spacial score (nSPS) is 12.2. The zero-order valence-electron chi connectivity index (χ0n) is 10.2. The Kier molecular flexibility index (Phi) is 4.20. The van der Waals surface area contributed by atoms with Crippen LogP contribution in [-0.2, 0) is 0 Å². The molecule has 2 rings (SSSR count). The molecule has 0 aliphatic heterocycles. The Labute approximate surface area is 122 Å². The molecule has 1 heterocycles. The van der Waals surface area contributed by atoms with Gasteiger partial charge < -0.3 is 5.32 Å². The zero-order valence-corrected chi connectivity index (χ0v) is 11.8. The Morgan fingerprint density at radius 3 is 2.65 bits per heavy atom. The molecular formula is C12H9ClF2N2O2S. The summed E-state index contributed by atoms with van der Waals surface area (Å²) in [6.45, 7) is 1.72. The van der Waals surface area contributed by atoms with Gasteiger partial charge in [-0.15, -0.1) is 11.3 Å². The van der Waals surface area contributed by atoms with E-state index >= 15 is 0 Å². The second-order valence-electron chi connectivity index (χ2n) is 4.05. The van der Waals surface area contributed by atoms with Crippen LogP contribution >= 0.6 is 22.9 Å². The molecule has 0 saturated carbocycles. The molecule has 20 heavy (non-hydrogen) atoms. The summed E-state index contributed by atoms with van der Waals surface area (Å²) in [6.07, 6.45) is 0. The zero-order chi connectivity index (χ0) is 14.9. The maximum absolute atomic E-state index is 13.5. The second-order valence-corrected chi connectivity index (χ2v) is 5.80. The molecule has 1 atom stereocenters. The van der Waals surface area contributed by atoms with Crippen LogP contribution in [0, 0.1) is 21.7 Å². The molecule has 8 heteroatoms. The second kappa shape index (κ2) is 5.72. The number of nitrogens with zero attached hydrogens (tertiary/aromatic N) is 1. The number of nitrogens with one attached hydrogen (secondary N) is 1. The standard InChI is InChI=1S/C12H9ClF2N2O2S/c1-6(10-2-3-11(13)20-10)16-9-5-7(14)4-8(15)12(9)17(18)19/h2-6,16H,1H3. The molecule has 106 valence electrons. The van der Waals surface area contributed by atoms with Crippen molar-refractivity contribution in [3.63, 3.8) is 0 Å². The number of benzene rings is 1. The molecule has 1 N–H and O–H groups in total. The van der Waals surface area contributed by atoms with Gasteiger partial charge >= 0.3 is 5.69 Å². The molecule has 0 aliphatic rings. The summed E-state index contributed by atoms with van der Waals surface area (Å²) in [5.41, 5.74) is -0.981. The maximum atomic E-state index is 13.5. The summed E-state index contributed by atoms with van der Waals surface area (Å²) in [7, 11) is 0. The summed E-state index contributed by atoms with van der Waals surface area (Å²) in [4.78, 5) is 10.8. The molecule has 0 radical (unpaired) electrons. The fourth-order valence-electron chi connectivity index (χ4n) is 1.73. The highest BCUT2D eigenvalue weighted by atomic mass is 35.5. The molecule has 0 bridgehead atoms. The third-order valence-corrected chi connectivity index (χ3v) is 4.02.